The molecule has 0 saturated heterocycles. The summed E-state index contributed by atoms with van der Waals surface area (Å²) < 4.78 is 74.6. The summed E-state index contributed by atoms with van der Waals surface area (Å²) in [6.45, 7) is 6.19. The lowest BCUT2D eigenvalue weighted by Gasteiger charge is -2.08. The SMILES string of the molecule is Cc1c2[nH]c(c1CCC(=O)[O-])/C=c1\[nH]/c(c(C)c1CCC(=O)[O-])=C\c1[nH]c(c(S(=O)(=O)[O-])c1C)/C=c1\[nH]/c(c(S(=O)(=O)[O-])c1C)=C\2. The van der Waals surface area contributed by atoms with Gasteiger partial charge in [0.25, 0.3) is 0 Å². The van der Waals surface area contributed by atoms with Gasteiger partial charge in [0, 0.05) is 45.1 Å². The number of aromatic amines is 4. The van der Waals surface area contributed by atoms with Gasteiger partial charge in [-0.3, -0.25) is 0 Å². The van der Waals surface area contributed by atoms with Crippen molar-refractivity contribution in [2.45, 2.75) is 63.2 Å². The molecule has 0 amide bonds. The zero-order valence-corrected chi connectivity index (χ0v) is 26.7. The summed E-state index contributed by atoms with van der Waals surface area (Å²) in [4.78, 5) is 33.8. The minimum atomic E-state index is -5.09. The van der Waals surface area contributed by atoms with E-state index >= 15 is 0 Å². The van der Waals surface area contributed by atoms with Gasteiger partial charge >= 0.3 is 0 Å². The number of aromatic nitrogens is 4. The summed E-state index contributed by atoms with van der Waals surface area (Å²) >= 11 is 0. The van der Waals surface area contributed by atoms with Gasteiger partial charge in [-0.15, -0.1) is 0 Å². The molecule has 0 fully saturated rings. The second-order valence-corrected chi connectivity index (χ2v) is 13.8. The fourth-order valence-corrected chi connectivity index (χ4v) is 7.67. The van der Waals surface area contributed by atoms with Crippen molar-refractivity contribution in [2.24, 2.45) is 0 Å². The fourth-order valence-electron chi connectivity index (χ4n) is 5.94. The average Bonchev–Trinajstić information content (AvgIpc) is 3.59. The quantitative estimate of drug-likeness (QED) is 0.122. The number of rotatable bonds is 8. The molecule has 14 nitrogen and oxygen atoms in total. The molecular formula is C30H28N4O10S2-4. The molecule has 4 aromatic rings. The van der Waals surface area contributed by atoms with Gasteiger partial charge in [0.1, 0.15) is 20.2 Å². The first-order valence-electron chi connectivity index (χ1n) is 13.9. The Hall–Kier alpha value is -4.64. The molecule has 4 N–H and O–H groups in total. The second-order valence-electron chi connectivity index (χ2n) is 11.2. The predicted molar refractivity (Wildman–Crippen MR) is 157 cm³/mol. The number of H-pyrrole nitrogens is 4. The third kappa shape index (κ3) is 6.11. The van der Waals surface area contributed by atoms with Crippen LogP contribution in [-0.4, -0.2) is 57.8 Å². The van der Waals surface area contributed by atoms with E-state index in [0.29, 0.717) is 44.3 Å². The number of nitrogens with one attached hydrogen (secondary N) is 4. The molecule has 0 radical (unpaired) electrons. The van der Waals surface area contributed by atoms with Crippen LogP contribution in [0.15, 0.2) is 9.79 Å². The lowest BCUT2D eigenvalue weighted by atomic mass is 10.0. The van der Waals surface area contributed by atoms with Gasteiger partial charge in [-0.1, -0.05) is 0 Å². The molecule has 0 unspecified atom stereocenters. The van der Waals surface area contributed by atoms with Crippen LogP contribution in [0.5, 0.6) is 0 Å². The normalized spacial score (nSPS) is 16.0. The number of carboxylic acids is 2. The zero-order valence-electron chi connectivity index (χ0n) is 25.0. The highest BCUT2D eigenvalue weighted by Crippen LogP contribution is 2.26. The van der Waals surface area contributed by atoms with Gasteiger partial charge in [0.15, 0.2) is 0 Å². The zero-order chi connectivity index (χ0) is 33.9. The highest BCUT2D eigenvalue weighted by Gasteiger charge is 2.21. The van der Waals surface area contributed by atoms with E-state index in [1.54, 1.807) is 26.0 Å². The molecule has 5 rings (SSSR count). The number of carboxylic acid groups (broad SMARTS) is 2. The van der Waals surface area contributed by atoms with E-state index in [1.807, 2.05) is 0 Å². The lowest BCUT2D eigenvalue weighted by Crippen LogP contribution is -2.23. The van der Waals surface area contributed by atoms with Gasteiger partial charge in [-0.05, 0) is 111 Å². The Morgan fingerprint density at radius 2 is 1.00 bits per heavy atom. The van der Waals surface area contributed by atoms with Crippen molar-refractivity contribution in [1.29, 1.82) is 0 Å². The molecule has 0 aliphatic carbocycles. The number of fused-ring (bicyclic) bond motifs is 8. The predicted octanol–water partition coefficient (Wildman–Crippen LogP) is -2.97. The fraction of sp³-hybridized carbons (Fsp3) is 0.267. The van der Waals surface area contributed by atoms with Crippen molar-refractivity contribution in [1.82, 2.24) is 19.9 Å². The van der Waals surface area contributed by atoms with Crippen LogP contribution < -0.4 is 31.6 Å². The Labute approximate surface area is 262 Å². The maximum atomic E-state index is 12.4. The van der Waals surface area contributed by atoms with E-state index in [4.69, 9.17) is 0 Å². The molecule has 1 aliphatic heterocycles. The molecule has 1 aliphatic rings. The van der Waals surface area contributed by atoms with Crippen LogP contribution in [0.1, 0.15) is 69.0 Å². The summed E-state index contributed by atoms with van der Waals surface area (Å²) in [6, 6.07) is 0. The second kappa shape index (κ2) is 11.6. The molecule has 4 aromatic heterocycles. The third-order valence-electron chi connectivity index (χ3n) is 8.23. The summed E-state index contributed by atoms with van der Waals surface area (Å²) in [5, 5.41) is 23.6. The Bertz CT molecular complexity index is 2420. The van der Waals surface area contributed by atoms with Crippen LogP contribution in [0.4, 0.5) is 0 Å². The van der Waals surface area contributed by atoms with Crippen LogP contribution >= 0.6 is 0 Å². The molecule has 0 spiro atoms. The van der Waals surface area contributed by atoms with Crippen molar-refractivity contribution in [3.8, 4) is 0 Å². The lowest BCUT2D eigenvalue weighted by molar-refractivity contribution is -0.307. The molecule has 244 valence electrons. The van der Waals surface area contributed by atoms with Gasteiger partial charge in [-0.2, -0.15) is 0 Å². The molecule has 46 heavy (non-hydrogen) atoms. The first kappa shape index (κ1) is 32.7. The minimum Gasteiger partial charge on any atom is -0.744 e. The van der Waals surface area contributed by atoms with Crippen molar-refractivity contribution in [3.63, 3.8) is 0 Å². The molecule has 5 heterocycles. The van der Waals surface area contributed by atoms with E-state index in [-0.39, 0.29) is 58.9 Å². The van der Waals surface area contributed by atoms with Crippen molar-refractivity contribution < 1.29 is 45.7 Å². The molecule has 8 bridgehead atoms. The monoisotopic (exact) mass is 668 g/mol. The van der Waals surface area contributed by atoms with Crippen molar-refractivity contribution in [3.05, 3.63) is 77.6 Å². The largest absolute Gasteiger partial charge is 0.744 e. The van der Waals surface area contributed by atoms with Crippen molar-refractivity contribution in [2.75, 3.05) is 0 Å². The van der Waals surface area contributed by atoms with Crippen LogP contribution in [0, 0.1) is 27.7 Å². The molecule has 0 atom stereocenters. The van der Waals surface area contributed by atoms with Crippen LogP contribution in [-0.2, 0) is 42.7 Å². The van der Waals surface area contributed by atoms with Crippen LogP contribution in [0.3, 0.4) is 0 Å². The van der Waals surface area contributed by atoms with E-state index in [9.17, 15) is 45.7 Å². The smallest absolute Gasteiger partial charge is 0.126 e. The summed E-state index contributed by atoms with van der Waals surface area (Å²) in [6.07, 6.45) is 5.23. The highest BCUT2D eigenvalue weighted by molar-refractivity contribution is 7.86. The number of carbonyl (C=O) groups excluding carboxylic acids is 2. The number of hydrogen-bond donors (Lipinski definition) is 4. The summed E-state index contributed by atoms with van der Waals surface area (Å²) in [5.74, 6) is -2.58. The Morgan fingerprint density at radius 1 is 0.543 bits per heavy atom. The third-order valence-corrected chi connectivity index (χ3v) is 10.3. The Morgan fingerprint density at radius 3 is 1.59 bits per heavy atom. The Balaban J connectivity index is 1.99. The summed E-state index contributed by atoms with van der Waals surface area (Å²) in [7, 11) is -10.1. The van der Waals surface area contributed by atoms with E-state index < -0.39 is 42.0 Å². The maximum Gasteiger partial charge on any atom is 0.126 e. The maximum absolute atomic E-state index is 12.4. The molecular weight excluding hydrogens is 640 g/mol. The standard InChI is InChI=1S/C30H32N4O10S2/c1-13-17(5-7-27(35)36)23-12-24-18(6-8-28(37)38)14(2)20(32-24)10-25-30(46(42,43)44)16(4)22(34-25)11-26-29(45(39,40)41)15(3)21(33-26)9-19(13)31-23/h9-12,31-34H,5-8H2,1-4H3,(H,35,36)(H,37,38)(H,39,40,41)(H,42,43,44)/p-4/b19-9-,20-10?,21-9?,22-11-,23-12-,24-12?,25-10-,26-11?. The first-order valence-corrected chi connectivity index (χ1v) is 16.8. The van der Waals surface area contributed by atoms with Crippen molar-refractivity contribution >= 4 is 56.5 Å². The highest BCUT2D eigenvalue weighted by atomic mass is 32.2. The van der Waals surface area contributed by atoms with Crippen LogP contribution in [0.2, 0.25) is 0 Å². The minimum absolute atomic E-state index is 0.0206. The van der Waals surface area contributed by atoms with Gasteiger partial charge < -0.3 is 48.8 Å². The number of aliphatic carboxylic acids is 2. The number of carbonyl (C=O) groups is 2. The first-order chi connectivity index (χ1) is 21.4. The Kier molecular flexibility index (Phi) is 8.27. The van der Waals surface area contributed by atoms with E-state index in [0.717, 1.165) is 0 Å². The molecule has 16 heteroatoms. The van der Waals surface area contributed by atoms with E-state index in [1.165, 1.54) is 26.0 Å². The summed E-state index contributed by atoms with van der Waals surface area (Å²) in [5.41, 5.74) is 3.18. The number of hydrogen-bond acceptors (Lipinski definition) is 10. The topological polar surface area (TPSA) is 258 Å². The van der Waals surface area contributed by atoms with E-state index in [2.05, 4.69) is 19.9 Å². The van der Waals surface area contributed by atoms with Gasteiger partial charge in [-0.25, -0.2) is 16.8 Å². The van der Waals surface area contributed by atoms with Gasteiger partial charge in [0.05, 0.1) is 20.8 Å². The van der Waals surface area contributed by atoms with Gasteiger partial charge in [0.2, 0.25) is 0 Å². The molecule has 0 saturated carbocycles. The van der Waals surface area contributed by atoms with Crippen LogP contribution in [0.25, 0.3) is 24.3 Å². The molecule has 0 aromatic carbocycles. The average molecular weight is 669 g/mol.